The molecule has 0 saturated carbocycles. The molecule has 0 radical (unpaired) electrons. The van der Waals surface area contributed by atoms with Crippen molar-refractivity contribution in [2.45, 2.75) is 36.4 Å². The van der Waals surface area contributed by atoms with Crippen molar-refractivity contribution < 1.29 is 26.4 Å². The maximum atomic E-state index is 13.5. The minimum Gasteiger partial charge on any atom is -0.348 e. The molecular formula is C25H22ClF3N2O3S. The lowest BCUT2D eigenvalue weighted by Crippen LogP contribution is -2.42. The van der Waals surface area contributed by atoms with Gasteiger partial charge in [0.15, 0.2) is 0 Å². The summed E-state index contributed by atoms with van der Waals surface area (Å²) in [6.45, 7) is -0.739. The number of carbonyl (C=O) groups excluding carboxylic acids is 1. The predicted molar refractivity (Wildman–Crippen MR) is 128 cm³/mol. The zero-order valence-corrected chi connectivity index (χ0v) is 20.0. The summed E-state index contributed by atoms with van der Waals surface area (Å²) in [6, 6.07) is 16.9. The molecule has 0 unspecified atom stereocenters. The van der Waals surface area contributed by atoms with E-state index in [0.29, 0.717) is 16.8 Å². The summed E-state index contributed by atoms with van der Waals surface area (Å²) in [4.78, 5) is 12.9. The van der Waals surface area contributed by atoms with E-state index in [-0.39, 0.29) is 16.0 Å². The molecule has 184 valence electrons. The number of anilines is 1. The van der Waals surface area contributed by atoms with Crippen LogP contribution >= 0.6 is 11.6 Å². The number of sulfonamides is 1. The molecule has 1 aliphatic rings. The van der Waals surface area contributed by atoms with E-state index in [1.165, 1.54) is 24.3 Å². The molecule has 1 atom stereocenters. The number of halogens is 4. The van der Waals surface area contributed by atoms with Gasteiger partial charge in [0.2, 0.25) is 5.91 Å². The molecule has 0 aliphatic heterocycles. The SMILES string of the molecule is O=C(CN(c1cc(C(F)(F)F)ccc1Cl)S(=O)(=O)c1ccccc1)N[C@H]1CCCc2ccccc21. The summed E-state index contributed by atoms with van der Waals surface area (Å²) in [5.74, 6) is -0.653. The van der Waals surface area contributed by atoms with E-state index in [1.54, 1.807) is 6.07 Å². The molecule has 0 aromatic heterocycles. The number of nitrogens with zero attached hydrogens (tertiary/aromatic N) is 1. The molecule has 5 nitrogen and oxygen atoms in total. The van der Waals surface area contributed by atoms with Crippen LogP contribution in [0, 0.1) is 0 Å². The number of carbonyl (C=O) groups is 1. The van der Waals surface area contributed by atoms with Crippen molar-refractivity contribution in [2.75, 3.05) is 10.8 Å². The van der Waals surface area contributed by atoms with E-state index in [2.05, 4.69) is 5.32 Å². The van der Waals surface area contributed by atoms with E-state index in [9.17, 15) is 26.4 Å². The standard InChI is InChI=1S/C25H22ClF3N2O3S/c26-21-14-13-18(25(27,28)29)15-23(21)31(35(33,34)19-9-2-1-3-10-19)16-24(32)30-22-12-6-8-17-7-4-5-11-20(17)22/h1-5,7,9-11,13-15,22H,6,8,12,16H2,(H,30,32)/t22-/m0/s1. The van der Waals surface area contributed by atoms with Gasteiger partial charge in [-0.15, -0.1) is 0 Å². The predicted octanol–water partition coefficient (Wildman–Crippen LogP) is 5.75. The molecule has 1 N–H and O–H groups in total. The number of amides is 1. The van der Waals surface area contributed by atoms with Crippen molar-refractivity contribution in [2.24, 2.45) is 0 Å². The number of benzene rings is 3. The zero-order valence-electron chi connectivity index (χ0n) is 18.4. The molecule has 1 amide bonds. The summed E-state index contributed by atoms with van der Waals surface area (Å²) < 4.78 is 67.8. The van der Waals surface area contributed by atoms with Gasteiger partial charge < -0.3 is 5.32 Å². The van der Waals surface area contributed by atoms with Crippen molar-refractivity contribution in [1.29, 1.82) is 0 Å². The van der Waals surface area contributed by atoms with Gasteiger partial charge in [-0.05, 0) is 60.7 Å². The third-order valence-corrected chi connectivity index (χ3v) is 7.96. The molecular weight excluding hydrogens is 501 g/mol. The number of alkyl halides is 3. The van der Waals surface area contributed by atoms with Crippen molar-refractivity contribution in [3.8, 4) is 0 Å². The van der Waals surface area contributed by atoms with Crippen LogP contribution in [0.2, 0.25) is 5.02 Å². The van der Waals surface area contributed by atoms with E-state index in [4.69, 9.17) is 11.6 Å². The van der Waals surface area contributed by atoms with E-state index in [0.717, 1.165) is 36.1 Å². The summed E-state index contributed by atoms with van der Waals surface area (Å²) >= 11 is 6.17. The molecule has 0 heterocycles. The highest BCUT2D eigenvalue weighted by molar-refractivity contribution is 7.92. The van der Waals surface area contributed by atoms with Crippen LogP contribution < -0.4 is 9.62 Å². The minimum absolute atomic E-state index is 0.177. The topological polar surface area (TPSA) is 66.5 Å². The Morgan fingerprint density at radius 3 is 2.43 bits per heavy atom. The molecule has 0 saturated heterocycles. The van der Waals surface area contributed by atoms with Gasteiger partial charge in [-0.3, -0.25) is 9.10 Å². The highest BCUT2D eigenvalue weighted by Crippen LogP contribution is 2.37. The van der Waals surface area contributed by atoms with Crippen LogP contribution in [0.3, 0.4) is 0 Å². The lowest BCUT2D eigenvalue weighted by Gasteiger charge is -2.29. The minimum atomic E-state index is -4.73. The van der Waals surface area contributed by atoms with Crippen molar-refractivity contribution in [3.05, 3.63) is 94.5 Å². The zero-order chi connectivity index (χ0) is 25.2. The maximum Gasteiger partial charge on any atom is 0.416 e. The van der Waals surface area contributed by atoms with E-state index >= 15 is 0 Å². The monoisotopic (exact) mass is 522 g/mol. The van der Waals surface area contributed by atoms with Crippen LogP contribution in [0.15, 0.2) is 77.7 Å². The Bertz CT molecular complexity index is 1330. The van der Waals surface area contributed by atoms with Gasteiger partial charge in [-0.25, -0.2) is 8.42 Å². The van der Waals surface area contributed by atoms with Gasteiger partial charge in [-0.1, -0.05) is 54.1 Å². The Labute approximate surface area is 206 Å². The summed E-state index contributed by atoms with van der Waals surface area (Å²) in [7, 11) is -4.41. The Balaban J connectivity index is 1.71. The molecule has 0 fully saturated rings. The van der Waals surface area contributed by atoms with Gasteiger partial charge >= 0.3 is 6.18 Å². The van der Waals surface area contributed by atoms with Gasteiger partial charge in [0.1, 0.15) is 6.54 Å². The lowest BCUT2D eigenvalue weighted by molar-refractivity contribution is -0.137. The highest BCUT2D eigenvalue weighted by atomic mass is 35.5. The second-order valence-corrected chi connectivity index (χ2v) is 10.5. The highest BCUT2D eigenvalue weighted by Gasteiger charge is 2.35. The van der Waals surface area contributed by atoms with Crippen molar-refractivity contribution in [3.63, 3.8) is 0 Å². The van der Waals surface area contributed by atoms with E-state index in [1.807, 2.05) is 24.3 Å². The molecule has 0 bridgehead atoms. The Morgan fingerprint density at radius 2 is 1.71 bits per heavy atom. The molecule has 3 aromatic rings. The van der Waals surface area contributed by atoms with Crippen molar-refractivity contribution in [1.82, 2.24) is 5.32 Å². The molecule has 10 heteroatoms. The van der Waals surface area contributed by atoms with Crippen LogP contribution in [0.25, 0.3) is 0 Å². The van der Waals surface area contributed by atoms with Gasteiger partial charge in [0.05, 0.1) is 27.2 Å². The molecule has 35 heavy (non-hydrogen) atoms. The fourth-order valence-electron chi connectivity index (χ4n) is 4.17. The number of rotatable bonds is 6. The Hall–Kier alpha value is -3.04. The first-order valence-electron chi connectivity index (χ1n) is 10.9. The molecule has 3 aromatic carbocycles. The third kappa shape index (κ3) is 5.46. The number of hydrogen-bond acceptors (Lipinski definition) is 3. The Kier molecular flexibility index (Phi) is 7.10. The lowest BCUT2D eigenvalue weighted by atomic mass is 9.88. The maximum absolute atomic E-state index is 13.5. The smallest absolute Gasteiger partial charge is 0.348 e. The van der Waals surface area contributed by atoms with Crippen LogP contribution in [0.1, 0.15) is 35.6 Å². The fraction of sp³-hybridized carbons (Fsp3) is 0.240. The van der Waals surface area contributed by atoms with E-state index < -0.39 is 39.9 Å². The average Bonchev–Trinajstić information content (AvgIpc) is 2.83. The summed E-state index contributed by atoms with van der Waals surface area (Å²) in [5.41, 5.74) is 0.539. The number of hydrogen-bond donors (Lipinski definition) is 1. The van der Waals surface area contributed by atoms with Gasteiger partial charge in [0.25, 0.3) is 10.0 Å². The fourth-order valence-corrected chi connectivity index (χ4v) is 5.90. The molecule has 1 aliphatic carbocycles. The van der Waals surface area contributed by atoms with Crippen molar-refractivity contribution >= 4 is 33.2 Å². The number of fused-ring (bicyclic) bond motifs is 1. The third-order valence-electron chi connectivity index (χ3n) is 5.87. The number of nitrogens with one attached hydrogen (secondary N) is 1. The first-order chi connectivity index (χ1) is 16.6. The van der Waals surface area contributed by atoms with Gasteiger partial charge in [-0.2, -0.15) is 13.2 Å². The normalized spacial score (nSPS) is 15.8. The first kappa shape index (κ1) is 25.1. The second-order valence-electron chi connectivity index (χ2n) is 8.20. The second kappa shape index (κ2) is 9.91. The molecule has 0 spiro atoms. The first-order valence-corrected chi connectivity index (χ1v) is 12.7. The molecule has 4 rings (SSSR count). The van der Waals surface area contributed by atoms with Crippen LogP contribution in [-0.4, -0.2) is 20.9 Å². The quantitative estimate of drug-likeness (QED) is 0.448. The van der Waals surface area contributed by atoms with Gasteiger partial charge in [0, 0.05) is 0 Å². The largest absolute Gasteiger partial charge is 0.416 e. The van der Waals surface area contributed by atoms with Crippen LogP contribution in [-0.2, 0) is 27.4 Å². The average molecular weight is 523 g/mol. The summed E-state index contributed by atoms with van der Waals surface area (Å²) in [5, 5.41) is 2.62. The summed E-state index contributed by atoms with van der Waals surface area (Å²) in [6.07, 6.45) is -2.35. The number of aryl methyl sites for hydroxylation is 1. The van der Waals surface area contributed by atoms with Crippen LogP contribution in [0.4, 0.5) is 18.9 Å². The Morgan fingerprint density at radius 1 is 1.03 bits per heavy atom. The van der Waals surface area contributed by atoms with Crippen LogP contribution in [0.5, 0.6) is 0 Å².